The van der Waals surface area contributed by atoms with E-state index in [0.717, 1.165) is 23.2 Å². The second-order valence-electron chi connectivity index (χ2n) is 7.00. The molecule has 2 aliphatic rings. The van der Waals surface area contributed by atoms with E-state index in [1.165, 1.54) is 0 Å². The molecule has 0 saturated carbocycles. The fourth-order valence-corrected chi connectivity index (χ4v) is 3.71. The number of phenolic OH excluding ortho intramolecular Hbond substituents is 2. The number of hydrogen-bond donors (Lipinski definition) is 4. The summed E-state index contributed by atoms with van der Waals surface area (Å²) in [6, 6.07) is 14.2. The second kappa shape index (κ2) is 8.19. The van der Waals surface area contributed by atoms with Crippen LogP contribution in [0.15, 0.2) is 96.8 Å². The maximum absolute atomic E-state index is 10.6. The Kier molecular flexibility index (Phi) is 5.31. The number of nitrogens with one attached hydrogen (secondary N) is 2. The number of allylic oxidation sites excluding steroid dienone is 5. The maximum atomic E-state index is 10.6. The summed E-state index contributed by atoms with van der Waals surface area (Å²) in [6.07, 6.45) is 15.1. The van der Waals surface area contributed by atoms with Crippen LogP contribution in [0.5, 0.6) is 11.5 Å². The van der Waals surface area contributed by atoms with Crippen LogP contribution < -0.4 is 10.6 Å². The Hall–Kier alpha value is -3.24. The zero-order valence-corrected chi connectivity index (χ0v) is 15.5. The van der Waals surface area contributed by atoms with Gasteiger partial charge in [0.2, 0.25) is 0 Å². The van der Waals surface area contributed by atoms with Gasteiger partial charge in [0, 0.05) is 29.3 Å². The van der Waals surface area contributed by atoms with Gasteiger partial charge in [0.1, 0.15) is 11.5 Å². The van der Waals surface area contributed by atoms with Crippen molar-refractivity contribution in [3.8, 4) is 11.5 Å². The van der Waals surface area contributed by atoms with Crippen LogP contribution in [0.4, 0.5) is 0 Å². The molecular formula is C24H24N2O2. The SMILES string of the molecule is Oc1ccccc1[C@@H](NC1=CC=CC1)[C@@H](NC1C=CC=C1)c1ccccc1O. The first kappa shape index (κ1) is 18.1. The molecule has 2 aromatic rings. The summed E-state index contributed by atoms with van der Waals surface area (Å²) in [7, 11) is 0. The number of benzene rings is 2. The Bertz CT molecular complexity index is 947. The summed E-state index contributed by atoms with van der Waals surface area (Å²) in [5.74, 6) is 0.456. The van der Waals surface area contributed by atoms with Crippen molar-refractivity contribution < 1.29 is 10.2 Å². The Labute approximate surface area is 165 Å². The molecule has 0 aromatic heterocycles. The van der Waals surface area contributed by atoms with Gasteiger partial charge in [0.15, 0.2) is 0 Å². The molecule has 0 fully saturated rings. The van der Waals surface area contributed by atoms with Crippen LogP contribution in [0.3, 0.4) is 0 Å². The van der Waals surface area contributed by atoms with E-state index in [-0.39, 0.29) is 29.6 Å². The highest BCUT2D eigenvalue weighted by Gasteiger charge is 2.30. The molecule has 0 spiro atoms. The minimum Gasteiger partial charge on any atom is -0.508 e. The molecule has 0 saturated heterocycles. The highest BCUT2D eigenvalue weighted by molar-refractivity contribution is 5.43. The molecule has 4 rings (SSSR count). The predicted molar refractivity (Wildman–Crippen MR) is 112 cm³/mol. The standard InChI is InChI=1S/C24H24N2O2/c27-21-15-7-5-13-19(21)23(25-17-9-1-2-10-17)24(26-18-11-3-4-12-18)20-14-6-8-16-22(20)28/h1-11,13-17,23-28H,12H2/t23-,24+/m0/s1. The second-order valence-corrected chi connectivity index (χ2v) is 7.00. The van der Waals surface area contributed by atoms with Crippen molar-refractivity contribution in [3.63, 3.8) is 0 Å². The van der Waals surface area contributed by atoms with Gasteiger partial charge in [0.25, 0.3) is 0 Å². The molecule has 0 bridgehead atoms. The summed E-state index contributed by atoms with van der Waals surface area (Å²) in [5.41, 5.74) is 2.64. The number of rotatable bonds is 7. The van der Waals surface area contributed by atoms with Gasteiger partial charge in [-0.05, 0) is 18.2 Å². The van der Waals surface area contributed by atoms with Gasteiger partial charge in [-0.1, -0.05) is 72.9 Å². The molecule has 0 heterocycles. The van der Waals surface area contributed by atoms with Gasteiger partial charge >= 0.3 is 0 Å². The molecule has 0 unspecified atom stereocenters. The van der Waals surface area contributed by atoms with Crippen molar-refractivity contribution in [2.45, 2.75) is 24.5 Å². The highest BCUT2D eigenvalue weighted by atomic mass is 16.3. The van der Waals surface area contributed by atoms with Crippen molar-refractivity contribution in [2.75, 3.05) is 0 Å². The van der Waals surface area contributed by atoms with Crippen LogP contribution in [0.25, 0.3) is 0 Å². The molecular weight excluding hydrogens is 348 g/mol. The lowest BCUT2D eigenvalue weighted by Crippen LogP contribution is -2.38. The molecule has 4 heteroatoms. The molecule has 0 aliphatic heterocycles. The average molecular weight is 372 g/mol. The Morgan fingerprint density at radius 2 is 1.39 bits per heavy atom. The maximum Gasteiger partial charge on any atom is 0.120 e. The van der Waals surface area contributed by atoms with E-state index in [4.69, 9.17) is 0 Å². The number of para-hydroxylation sites is 2. The first-order valence-corrected chi connectivity index (χ1v) is 9.51. The summed E-state index contributed by atoms with van der Waals surface area (Å²) < 4.78 is 0. The van der Waals surface area contributed by atoms with Crippen molar-refractivity contribution in [1.29, 1.82) is 0 Å². The van der Waals surface area contributed by atoms with Crippen LogP contribution in [-0.4, -0.2) is 16.3 Å². The van der Waals surface area contributed by atoms with Gasteiger partial charge in [-0.3, -0.25) is 5.32 Å². The molecule has 142 valence electrons. The minimum absolute atomic E-state index is 0.0513. The van der Waals surface area contributed by atoms with Gasteiger partial charge < -0.3 is 15.5 Å². The topological polar surface area (TPSA) is 64.5 Å². The van der Waals surface area contributed by atoms with Crippen LogP contribution in [0.1, 0.15) is 29.6 Å². The monoisotopic (exact) mass is 372 g/mol. The van der Waals surface area contributed by atoms with Crippen LogP contribution in [-0.2, 0) is 0 Å². The van der Waals surface area contributed by atoms with E-state index >= 15 is 0 Å². The van der Waals surface area contributed by atoms with Gasteiger partial charge in [-0.25, -0.2) is 0 Å². The van der Waals surface area contributed by atoms with Crippen LogP contribution in [0.2, 0.25) is 0 Å². The van der Waals surface area contributed by atoms with E-state index in [1.807, 2.05) is 60.7 Å². The fraction of sp³-hybridized carbons (Fsp3) is 0.167. The fourth-order valence-electron chi connectivity index (χ4n) is 3.71. The summed E-state index contributed by atoms with van der Waals surface area (Å²) in [6.45, 7) is 0. The first-order valence-electron chi connectivity index (χ1n) is 9.51. The summed E-state index contributed by atoms with van der Waals surface area (Å²) in [5, 5.41) is 28.4. The number of hydrogen-bond acceptors (Lipinski definition) is 4. The Morgan fingerprint density at radius 1 is 0.786 bits per heavy atom. The molecule has 4 N–H and O–H groups in total. The third-order valence-corrected chi connectivity index (χ3v) is 5.11. The van der Waals surface area contributed by atoms with Crippen molar-refractivity contribution in [3.05, 3.63) is 108 Å². The minimum atomic E-state index is -0.275. The molecule has 2 atom stereocenters. The van der Waals surface area contributed by atoms with Gasteiger partial charge in [-0.15, -0.1) is 0 Å². The first-order chi connectivity index (χ1) is 13.7. The Balaban J connectivity index is 1.77. The Morgan fingerprint density at radius 3 is 1.96 bits per heavy atom. The molecule has 0 amide bonds. The number of aromatic hydroxyl groups is 2. The molecule has 2 aliphatic carbocycles. The lowest BCUT2D eigenvalue weighted by atomic mass is 9.91. The number of phenols is 2. The largest absolute Gasteiger partial charge is 0.508 e. The smallest absolute Gasteiger partial charge is 0.120 e. The van der Waals surface area contributed by atoms with E-state index in [2.05, 4.69) is 28.9 Å². The van der Waals surface area contributed by atoms with Crippen molar-refractivity contribution in [2.24, 2.45) is 0 Å². The van der Waals surface area contributed by atoms with E-state index in [0.29, 0.717) is 0 Å². The van der Waals surface area contributed by atoms with Gasteiger partial charge in [-0.2, -0.15) is 0 Å². The lowest BCUT2D eigenvalue weighted by Gasteiger charge is -2.33. The lowest BCUT2D eigenvalue weighted by molar-refractivity contribution is 0.369. The summed E-state index contributed by atoms with van der Waals surface area (Å²) >= 11 is 0. The highest BCUT2D eigenvalue weighted by Crippen LogP contribution is 2.38. The van der Waals surface area contributed by atoms with E-state index in [1.54, 1.807) is 12.1 Å². The van der Waals surface area contributed by atoms with Crippen LogP contribution in [0, 0.1) is 0 Å². The third kappa shape index (κ3) is 3.87. The van der Waals surface area contributed by atoms with Crippen molar-refractivity contribution in [1.82, 2.24) is 10.6 Å². The zero-order valence-electron chi connectivity index (χ0n) is 15.5. The van der Waals surface area contributed by atoms with E-state index < -0.39 is 0 Å². The molecule has 28 heavy (non-hydrogen) atoms. The van der Waals surface area contributed by atoms with Gasteiger partial charge in [0.05, 0.1) is 12.1 Å². The predicted octanol–water partition coefficient (Wildman–Crippen LogP) is 4.40. The molecule has 2 aromatic carbocycles. The quantitative estimate of drug-likeness (QED) is 0.582. The van der Waals surface area contributed by atoms with E-state index in [9.17, 15) is 10.2 Å². The normalized spacial score (nSPS) is 17.6. The zero-order chi connectivity index (χ0) is 19.3. The van der Waals surface area contributed by atoms with Crippen LogP contribution >= 0.6 is 0 Å². The average Bonchev–Trinajstić information content (AvgIpc) is 3.40. The van der Waals surface area contributed by atoms with Crippen molar-refractivity contribution >= 4 is 0 Å². The summed E-state index contributed by atoms with van der Waals surface area (Å²) in [4.78, 5) is 0. The molecule has 4 nitrogen and oxygen atoms in total. The third-order valence-electron chi connectivity index (χ3n) is 5.11. The molecule has 0 radical (unpaired) electrons.